The van der Waals surface area contributed by atoms with Gasteiger partial charge in [-0.05, 0) is 18.2 Å². The number of aliphatic hydroxyl groups excluding tert-OH is 1. The molecule has 0 aliphatic carbocycles. The van der Waals surface area contributed by atoms with Crippen LogP contribution in [0.4, 0.5) is 28.0 Å². The maximum Gasteiger partial charge on any atom is 0.416 e. The molecule has 0 radical (unpaired) electrons. The molecular formula is C12H14F4N2O3S. The predicted molar refractivity (Wildman–Crippen MR) is 72.4 cm³/mol. The number of carbonyl (C=O) groups is 1. The standard InChI is InChI=1S/C12H14F4N2O3S/c1-18(6-10(19)12(14,15)16)11(20)17-7-3-4-9(22(2)21)8(13)5-7/h3-5,10,19H,6H2,1-2H3,(H,17,20). The fraction of sp³-hybridized carbons (Fsp3) is 0.417. The number of alkyl halides is 3. The van der Waals surface area contributed by atoms with Crippen molar-refractivity contribution in [2.45, 2.75) is 17.2 Å². The van der Waals surface area contributed by atoms with Gasteiger partial charge in [-0.3, -0.25) is 4.21 Å². The third-order valence-corrected chi connectivity index (χ3v) is 3.61. The van der Waals surface area contributed by atoms with Crippen molar-refractivity contribution in [3.63, 3.8) is 0 Å². The average molecular weight is 342 g/mol. The Kier molecular flexibility index (Phi) is 5.89. The minimum atomic E-state index is -4.84. The second-order valence-electron chi connectivity index (χ2n) is 4.47. The van der Waals surface area contributed by atoms with Gasteiger partial charge in [-0.25, -0.2) is 9.18 Å². The van der Waals surface area contributed by atoms with Gasteiger partial charge in [-0.1, -0.05) is 0 Å². The monoisotopic (exact) mass is 342 g/mol. The number of nitrogens with one attached hydrogen (secondary N) is 1. The number of amides is 2. The van der Waals surface area contributed by atoms with Crippen LogP contribution in [0.3, 0.4) is 0 Å². The predicted octanol–water partition coefficient (Wildman–Crippen LogP) is 1.95. The third-order valence-electron chi connectivity index (χ3n) is 2.66. The van der Waals surface area contributed by atoms with E-state index in [0.29, 0.717) is 4.90 Å². The summed E-state index contributed by atoms with van der Waals surface area (Å²) < 4.78 is 61.3. The van der Waals surface area contributed by atoms with Crippen LogP contribution in [-0.4, -0.2) is 52.4 Å². The molecule has 1 rings (SSSR count). The second kappa shape index (κ2) is 7.05. The highest BCUT2D eigenvalue weighted by molar-refractivity contribution is 7.84. The molecule has 0 fully saturated rings. The van der Waals surface area contributed by atoms with Gasteiger partial charge < -0.3 is 15.3 Å². The van der Waals surface area contributed by atoms with E-state index < -0.39 is 41.5 Å². The van der Waals surface area contributed by atoms with Crippen LogP contribution >= 0.6 is 0 Å². The van der Waals surface area contributed by atoms with Gasteiger partial charge in [0.25, 0.3) is 0 Å². The molecule has 1 aromatic carbocycles. The highest BCUT2D eigenvalue weighted by Crippen LogP contribution is 2.21. The van der Waals surface area contributed by atoms with Gasteiger partial charge in [0.15, 0.2) is 6.10 Å². The van der Waals surface area contributed by atoms with E-state index in [2.05, 4.69) is 5.32 Å². The minimum Gasteiger partial charge on any atom is -0.382 e. The number of aliphatic hydroxyl groups is 1. The van der Waals surface area contributed by atoms with Gasteiger partial charge in [0, 0.05) is 19.0 Å². The zero-order valence-electron chi connectivity index (χ0n) is 11.6. The second-order valence-corrected chi connectivity index (χ2v) is 5.82. The Labute approximate surface area is 126 Å². The summed E-state index contributed by atoms with van der Waals surface area (Å²) in [5.74, 6) is -0.809. The number of rotatable bonds is 4. The summed E-state index contributed by atoms with van der Waals surface area (Å²) in [5.41, 5.74) is -0.00921. The highest BCUT2D eigenvalue weighted by Gasteiger charge is 2.39. The molecule has 2 N–H and O–H groups in total. The molecule has 1 aromatic rings. The lowest BCUT2D eigenvalue weighted by Crippen LogP contribution is -2.43. The lowest BCUT2D eigenvalue weighted by molar-refractivity contribution is -0.205. The molecule has 0 aliphatic rings. The van der Waals surface area contributed by atoms with Gasteiger partial charge >= 0.3 is 12.2 Å². The van der Waals surface area contributed by atoms with Crippen LogP contribution in [0, 0.1) is 5.82 Å². The number of urea groups is 1. The topological polar surface area (TPSA) is 69.6 Å². The smallest absolute Gasteiger partial charge is 0.382 e. The van der Waals surface area contributed by atoms with E-state index >= 15 is 0 Å². The molecule has 0 saturated heterocycles. The van der Waals surface area contributed by atoms with Crippen LogP contribution in [0.1, 0.15) is 0 Å². The van der Waals surface area contributed by atoms with Gasteiger partial charge in [-0.15, -0.1) is 0 Å². The molecule has 0 bridgehead atoms. The van der Waals surface area contributed by atoms with Crippen LogP contribution in [-0.2, 0) is 10.8 Å². The molecule has 2 amide bonds. The lowest BCUT2D eigenvalue weighted by atomic mass is 10.3. The number of halogens is 4. The number of benzene rings is 1. The number of hydrogen-bond acceptors (Lipinski definition) is 3. The third kappa shape index (κ3) is 4.95. The average Bonchev–Trinajstić information content (AvgIpc) is 2.36. The maximum atomic E-state index is 13.6. The number of carbonyl (C=O) groups excluding carboxylic acids is 1. The van der Waals surface area contributed by atoms with Crippen molar-refractivity contribution >= 4 is 22.5 Å². The quantitative estimate of drug-likeness (QED) is 0.822. The highest BCUT2D eigenvalue weighted by atomic mass is 32.2. The first-order chi connectivity index (χ1) is 10.0. The normalized spacial score (nSPS) is 14.3. The van der Waals surface area contributed by atoms with Crippen molar-refractivity contribution in [2.75, 3.05) is 25.2 Å². The molecular weight excluding hydrogens is 328 g/mol. The fourth-order valence-corrected chi connectivity index (χ4v) is 2.07. The van der Waals surface area contributed by atoms with Gasteiger partial charge in [0.2, 0.25) is 0 Å². The first-order valence-electron chi connectivity index (χ1n) is 5.92. The summed E-state index contributed by atoms with van der Waals surface area (Å²) in [4.78, 5) is 12.2. The van der Waals surface area contributed by atoms with E-state index in [4.69, 9.17) is 5.11 Å². The van der Waals surface area contributed by atoms with E-state index in [0.717, 1.165) is 13.1 Å². The van der Waals surface area contributed by atoms with Crippen molar-refractivity contribution in [1.29, 1.82) is 0 Å². The molecule has 10 heteroatoms. The van der Waals surface area contributed by atoms with E-state index in [1.54, 1.807) is 0 Å². The molecule has 2 atom stereocenters. The van der Waals surface area contributed by atoms with E-state index in [-0.39, 0.29) is 10.6 Å². The molecule has 22 heavy (non-hydrogen) atoms. The van der Waals surface area contributed by atoms with Crippen molar-refractivity contribution in [2.24, 2.45) is 0 Å². The lowest BCUT2D eigenvalue weighted by Gasteiger charge is -2.22. The Hall–Kier alpha value is -1.68. The molecule has 0 saturated carbocycles. The SMILES string of the molecule is CN(CC(O)C(F)(F)F)C(=O)Nc1ccc(S(C)=O)c(F)c1. The van der Waals surface area contributed by atoms with Crippen molar-refractivity contribution in [3.8, 4) is 0 Å². The summed E-state index contributed by atoms with van der Waals surface area (Å²) in [5, 5.41) is 11.0. The van der Waals surface area contributed by atoms with Gasteiger partial charge in [0.1, 0.15) is 5.82 Å². The molecule has 0 aromatic heterocycles. The molecule has 0 spiro atoms. The number of likely N-dealkylation sites (N-methyl/N-ethyl adjacent to an activating group) is 1. The van der Waals surface area contributed by atoms with Crippen LogP contribution in [0.5, 0.6) is 0 Å². The minimum absolute atomic E-state index is 0.00921. The molecule has 5 nitrogen and oxygen atoms in total. The Balaban J connectivity index is 2.72. The van der Waals surface area contributed by atoms with Crippen LogP contribution in [0.25, 0.3) is 0 Å². The Morgan fingerprint density at radius 2 is 2.05 bits per heavy atom. The summed E-state index contributed by atoms with van der Waals surface area (Å²) in [6, 6.07) is 2.42. The van der Waals surface area contributed by atoms with Crippen LogP contribution in [0.2, 0.25) is 0 Å². The first-order valence-corrected chi connectivity index (χ1v) is 7.48. The summed E-state index contributed by atoms with van der Waals surface area (Å²) >= 11 is 0. The largest absolute Gasteiger partial charge is 0.416 e. The maximum absolute atomic E-state index is 13.6. The van der Waals surface area contributed by atoms with Gasteiger partial charge in [0.05, 0.1) is 22.2 Å². The summed E-state index contributed by atoms with van der Waals surface area (Å²) in [6.07, 6.45) is -6.24. The Bertz CT molecular complexity index is 580. The molecule has 124 valence electrons. The molecule has 0 aliphatic heterocycles. The van der Waals surface area contributed by atoms with Crippen LogP contribution < -0.4 is 5.32 Å². The van der Waals surface area contributed by atoms with Crippen molar-refractivity contribution < 1.29 is 31.7 Å². The summed E-state index contributed by atoms with van der Waals surface area (Å²) in [7, 11) is -0.493. The zero-order valence-corrected chi connectivity index (χ0v) is 12.5. The van der Waals surface area contributed by atoms with Gasteiger partial charge in [-0.2, -0.15) is 13.2 Å². The molecule has 0 heterocycles. The zero-order chi connectivity index (χ0) is 17.1. The van der Waals surface area contributed by atoms with Crippen molar-refractivity contribution in [3.05, 3.63) is 24.0 Å². The van der Waals surface area contributed by atoms with E-state index in [1.807, 2.05) is 0 Å². The van der Waals surface area contributed by atoms with Crippen molar-refractivity contribution in [1.82, 2.24) is 4.90 Å². The van der Waals surface area contributed by atoms with E-state index in [9.17, 15) is 26.6 Å². The fourth-order valence-electron chi connectivity index (χ4n) is 1.48. The Morgan fingerprint density at radius 3 is 2.50 bits per heavy atom. The first kappa shape index (κ1) is 18.4. The number of hydrogen-bond donors (Lipinski definition) is 2. The summed E-state index contributed by atoms with van der Waals surface area (Å²) in [6.45, 7) is -0.963. The number of anilines is 1. The van der Waals surface area contributed by atoms with E-state index in [1.165, 1.54) is 18.4 Å². The number of nitrogens with zero attached hydrogens (tertiary/aromatic N) is 1. The molecule has 2 unspecified atom stereocenters. The van der Waals surface area contributed by atoms with Crippen LogP contribution in [0.15, 0.2) is 23.1 Å². The Morgan fingerprint density at radius 1 is 1.45 bits per heavy atom.